The first kappa shape index (κ1) is 26.9. The lowest BCUT2D eigenvalue weighted by atomic mass is 10.0. The molecule has 4 rings (SSSR count). The van der Waals surface area contributed by atoms with E-state index in [1.807, 2.05) is 12.2 Å². The number of thioether (sulfide) groups is 2. The van der Waals surface area contributed by atoms with E-state index in [4.69, 9.17) is 23.1 Å². The molecule has 2 aliphatic heterocycles. The monoisotopic (exact) mass is 581 g/mol. The Morgan fingerprint density at radius 2 is 2.22 bits per heavy atom. The van der Waals surface area contributed by atoms with Gasteiger partial charge < -0.3 is 27.1 Å². The second-order valence-corrected chi connectivity index (χ2v) is 11.4. The first-order valence-corrected chi connectivity index (χ1v) is 13.7. The Morgan fingerprint density at radius 3 is 2.86 bits per heavy atom. The minimum atomic E-state index is -1.26. The van der Waals surface area contributed by atoms with E-state index < -0.39 is 34.9 Å². The molecule has 0 spiro atoms. The summed E-state index contributed by atoms with van der Waals surface area (Å²) in [6, 6.07) is 0.726. The number of nitrogens with one attached hydrogen (secondary N) is 1. The van der Waals surface area contributed by atoms with Gasteiger partial charge in [0, 0.05) is 33.5 Å². The first-order valence-electron chi connectivity index (χ1n) is 10.6. The van der Waals surface area contributed by atoms with Gasteiger partial charge in [-0.15, -0.1) is 11.8 Å². The van der Waals surface area contributed by atoms with E-state index in [2.05, 4.69) is 20.4 Å². The number of carboxylic acid groups (broad SMARTS) is 1. The van der Waals surface area contributed by atoms with Crippen LogP contribution in [0.5, 0.6) is 0 Å². The number of nitrogens with zero attached hydrogens (tertiary/aromatic N) is 4. The van der Waals surface area contributed by atoms with Gasteiger partial charge in [-0.2, -0.15) is 0 Å². The van der Waals surface area contributed by atoms with Gasteiger partial charge in [0.1, 0.15) is 27.1 Å². The van der Waals surface area contributed by atoms with E-state index in [0.717, 1.165) is 26.7 Å². The number of anilines is 1. The lowest BCUT2D eigenvalue weighted by Crippen LogP contribution is -2.71. The normalized spacial score (nSPS) is 19.7. The predicted octanol–water partition coefficient (Wildman–Crippen LogP) is 1.80. The third-order valence-electron chi connectivity index (χ3n) is 5.24. The lowest BCUT2D eigenvalue weighted by molar-refractivity contribution is -0.150. The van der Waals surface area contributed by atoms with Crippen LogP contribution in [0.4, 0.5) is 5.13 Å². The molecule has 0 bridgehead atoms. The van der Waals surface area contributed by atoms with Crippen LogP contribution >= 0.6 is 46.5 Å². The molecule has 12 nitrogen and oxygen atoms in total. The molecule has 0 aromatic carbocycles. The third-order valence-corrected chi connectivity index (χ3v) is 8.96. The zero-order valence-electron chi connectivity index (χ0n) is 18.8. The third kappa shape index (κ3) is 5.45. The predicted molar refractivity (Wildman–Crippen MR) is 142 cm³/mol. The molecule has 2 aromatic rings. The van der Waals surface area contributed by atoms with Gasteiger partial charge in [0.25, 0.3) is 11.8 Å². The number of amides is 2. The Labute approximate surface area is 227 Å². The topological polar surface area (TPSA) is 197 Å². The Kier molecular flexibility index (Phi) is 8.39. The number of oxime groups is 1. The maximum Gasteiger partial charge on any atom is 0.353 e. The number of thiazole rings is 1. The molecule has 37 heavy (non-hydrogen) atoms. The summed E-state index contributed by atoms with van der Waals surface area (Å²) in [4.78, 5) is 48.4. The quantitative estimate of drug-likeness (QED) is 0.125. The molecule has 2 aliphatic rings. The second-order valence-electron chi connectivity index (χ2n) is 7.56. The molecule has 16 heteroatoms. The van der Waals surface area contributed by atoms with E-state index >= 15 is 0 Å². The molecule has 2 atom stereocenters. The Balaban J connectivity index is 1.54. The number of aliphatic carboxylic acids is 1. The molecule has 0 saturated carbocycles. The summed E-state index contributed by atoms with van der Waals surface area (Å²) in [6.07, 6.45) is 7.72. The van der Waals surface area contributed by atoms with Gasteiger partial charge >= 0.3 is 5.97 Å². The van der Waals surface area contributed by atoms with Crippen LogP contribution in [0.3, 0.4) is 0 Å². The number of carbonyl (C=O) groups excluding carboxylic acids is 2. The molecule has 1 fully saturated rings. The largest absolute Gasteiger partial charge is 0.477 e. The number of nitrogens with two attached hydrogens (primary N) is 2. The van der Waals surface area contributed by atoms with Crippen molar-refractivity contribution in [3.63, 3.8) is 0 Å². The summed E-state index contributed by atoms with van der Waals surface area (Å²) in [5, 5.41) is 24.2. The highest BCUT2D eigenvalue weighted by atomic mass is 35.5. The molecule has 0 aliphatic carbocycles. The van der Waals surface area contributed by atoms with Gasteiger partial charge in [-0.3, -0.25) is 19.5 Å². The number of carboxylic acids is 1. The molecule has 0 radical (unpaired) electrons. The van der Waals surface area contributed by atoms with Crippen LogP contribution in [0.15, 0.2) is 45.2 Å². The van der Waals surface area contributed by atoms with Crippen LogP contribution in [0.25, 0.3) is 6.08 Å². The highest BCUT2D eigenvalue weighted by Gasteiger charge is 2.54. The van der Waals surface area contributed by atoms with Gasteiger partial charge in [-0.25, -0.2) is 9.78 Å². The minimum absolute atomic E-state index is 0.0418. The van der Waals surface area contributed by atoms with E-state index in [1.54, 1.807) is 18.5 Å². The highest BCUT2D eigenvalue weighted by Crippen LogP contribution is 2.45. The summed E-state index contributed by atoms with van der Waals surface area (Å²) in [7, 11) is 0. The Bertz CT molecular complexity index is 1350. The van der Waals surface area contributed by atoms with E-state index in [1.165, 1.54) is 23.5 Å². The number of hydrogen-bond donors (Lipinski definition) is 5. The van der Waals surface area contributed by atoms with Crippen LogP contribution in [-0.4, -0.2) is 72.4 Å². The number of carbonyl (C=O) groups is 3. The van der Waals surface area contributed by atoms with E-state index in [-0.39, 0.29) is 26.6 Å². The van der Waals surface area contributed by atoms with Crippen molar-refractivity contribution in [1.29, 1.82) is 0 Å². The molecule has 2 aromatic heterocycles. The zero-order valence-corrected chi connectivity index (χ0v) is 22.0. The van der Waals surface area contributed by atoms with Crippen LogP contribution in [-0.2, 0) is 14.4 Å². The molecule has 194 valence electrons. The molecule has 7 N–H and O–H groups in total. The van der Waals surface area contributed by atoms with Crippen molar-refractivity contribution in [2.45, 2.75) is 22.7 Å². The smallest absolute Gasteiger partial charge is 0.353 e. The highest BCUT2D eigenvalue weighted by molar-refractivity contribution is 8.06. The summed E-state index contributed by atoms with van der Waals surface area (Å²) in [5.74, 6) is -2.49. The van der Waals surface area contributed by atoms with Crippen molar-refractivity contribution in [1.82, 2.24) is 20.2 Å². The lowest BCUT2D eigenvalue weighted by Gasteiger charge is -2.49. The molecular formula is C21H20ClN7O5S3. The van der Waals surface area contributed by atoms with E-state index in [9.17, 15) is 24.7 Å². The SMILES string of the molecule is NCC/C=C\c1cnccc1SC1=C(C(=O)O)N2C(=O)[C@@H](NC(=O)/C(=N\O)c3nc(N)sc3Cl)[C@H]2SC1. The minimum Gasteiger partial charge on any atom is -0.477 e. The average Bonchev–Trinajstić information content (AvgIpc) is 3.20. The Morgan fingerprint density at radius 1 is 1.43 bits per heavy atom. The van der Waals surface area contributed by atoms with Gasteiger partial charge in [-0.1, -0.05) is 52.0 Å². The van der Waals surface area contributed by atoms with E-state index in [0.29, 0.717) is 17.9 Å². The van der Waals surface area contributed by atoms with Gasteiger partial charge in [0.2, 0.25) is 0 Å². The number of rotatable bonds is 9. The molecule has 2 amide bonds. The van der Waals surface area contributed by atoms with Crippen molar-refractivity contribution >= 4 is 81.2 Å². The number of aromatic nitrogens is 2. The molecule has 4 heterocycles. The fourth-order valence-electron chi connectivity index (χ4n) is 3.59. The number of nitrogen functional groups attached to an aromatic ring is 1. The number of hydrogen-bond acceptors (Lipinski definition) is 12. The number of pyridine rings is 1. The average molecular weight is 582 g/mol. The summed E-state index contributed by atoms with van der Waals surface area (Å²) in [5.41, 5.74) is 11.1. The van der Waals surface area contributed by atoms with Crippen LogP contribution in [0, 0.1) is 0 Å². The molecular weight excluding hydrogens is 562 g/mol. The van der Waals surface area contributed by atoms with Crippen molar-refractivity contribution in [2.24, 2.45) is 10.9 Å². The number of fused-ring (bicyclic) bond motifs is 1. The summed E-state index contributed by atoms with van der Waals surface area (Å²) < 4.78 is 0.0418. The van der Waals surface area contributed by atoms with Crippen LogP contribution < -0.4 is 16.8 Å². The second kappa shape index (κ2) is 11.5. The summed E-state index contributed by atoms with van der Waals surface area (Å²) in [6.45, 7) is 0.497. The summed E-state index contributed by atoms with van der Waals surface area (Å²) >= 11 is 9.44. The van der Waals surface area contributed by atoms with Crippen molar-refractivity contribution in [3.05, 3.63) is 50.7 Å². The van der Waals surface area contributed by atoms with Crippen LogP contribution in [0.1, 0.15) is 17.7 Å². The molecule has 1 saturated heterocycles. The zero-order chi connectivity index (χ0) is 26.7. The van der Waals surface area contributed by atoms with Crippen molar-refractivity contribution < 1.29 is 24.7 Å². The first-order chi connectivity index (χ1) is 17.8. The maximum atomic E-state index is 13.0. The van der Waals surface area contributed by atoms with Crippen molar-refractivity contribution in [2.75, 3.05) is 18.0 Å². The number of β-lactam (4-membered cyclic amide) rings is 1. The van der Waals surface area contributed by atoms with Crippen molar-refractivity contribution in [3.8, 4) is 0 Å². The molecule has 0 unspecified atom stereocenters. The van der Waals surface area contributed by atoms with Gasteiger partial charge in [0.05, 0.1) is 0 Å². The van der Waals surface area contributed by atoms with Gasteiger partial charge in [-0.05, 0) is 19.0 Å². The number of halogens is 1. The standard InChI is InChI=1S/C21H20ClN7O5S3/c22-16-12(27-21(24)37-16)13(28-34)17(30)26-14-18(31)29-15(20(32)33)11(8-35-19(14)29)36-10-4-6-25-7-9(10)3-1-2-5-23/h1,3-4,6-7,14,19,34H,2,5,8,23H2,(H2,24,27)(H,26,30)(H,32,33)/b3-1-,28-13-/t14-,19-/m1/s1. The van der Waals surface area contributed by atoms with Gasteiger partial charge in [0.15, 0.2) is 10.8 Å². The fraction of sp³-hybridized carbons (Fsp3) is 0.238. The Hall–Kier alpha value is -3.11. The fourth-order valence-corrected chi connectivity index (χ4v) is 7.07. The van der Waals surface area contributed by atoms with Crippen LogP contribution in [0.2, 0.25) is 4.34 Å². The maximum absolute atomic E-state index is 13.0.